The van der Waals surface area contributed by atoms with Crippen LogP contribution in [0.4, 0.5) is 11.4 Å². The predicted octanol–water partition coefficient (Wildman–Crippen LogP) is 4.92. The van der Waals surface area contributed by atoms with Gasteiger partial charge >= 0.3 is 0 Å². The highest BCUT2D eigenvalue weighted by molar-refractivity contribution is 7.80. The van der Waals surface area contributed by atoms with Crippen molar-refractivity contribution in [2.45, 2.75) is 20.5 Å². The lowest BCUT2D eigenvalue weighted by Crippen LogP contribution is -2.34. The number of nitrogens with zero attached hydrogens (tertiary/aromatic N) is 1. The topological polar surface area (TPSA) is 93.5 Å². The van der Waals surface area contributed by atoms with E-state index in [1.54, 1.807) is 37.3 Å². The van der Waals surface area contributed by atoms with Crippen molar-refractivity contribution in [2.24, 2.45) is 0 Å². The standard InChI is InChI=1S/C23H21N3O4S/c1-15-8-13-20(26(28)29)21(16(15)2)24-23(31)25-22(27)18-9-11-19(12-10-18)30-14-17-6-4-3-5-7-17/h3-13H,14H2,1-2H3,(H2,24,25,27,31). The molecule has 0 saturated carbocycles. The van der Waals surface area contributed by atoms with Crippen LogP contribution in [0.25, 0.3) is 0 Å². The number of hydrogen-bond donors (Lipinski definition) is 2. The number of hydrogen-bond acceptors (Lipinski definition) is 5. The van der Waals surface area contributed by atoms with E-state index >= 15 is 0 Å². The average molecular weight is 436 g/mol. The molecule has 0 saturated heterocycles. The Morgan fingerprint density at radius 2 is 1.71 bits per heavy atom. The van der Waals surface area contributed by atoms with Gasteiger partial charge in [-0.15, -0.1) is 0 Å². The van der Waals surface area contributed by atoms with Crippen molar-refractivity contribution in [3.05, 3.63) is 99.1 Å². The summed E-state index contributed by atoms with van der Waals surface area (Å²) in [6, 6.07) is 19.5. The zero-order chi connectivity index (χ0) is 22.4. The number of thiocarbonyl (C=S) groups is 1. The van der Waals surface area contributed by atoms with Crippen LogP contribution in [0.15, 0.2) is 66.7 Å². The summed E-state index contributed by atoms with van der Waals surface area (Å²) in [4.78, 5) is 23.3. The molecule has 0 aliphatic heterocycles. The van der Waals surface area contributed by atoms with Gasteiger partial charge in [0.1, 0.15) is 18.0 Å². The van der Waals surface area contributed by atoms with Crippen LogP contribution in [0, 0.1) is 24.0 Å². The number of carbonyl (C=O) groups is 1. The monoisotopic (exact) mass is 435 g/mol. The van der Waals surface area contributed by atoms with Gasteiger partial charge in [-0.05, 0) is 67.0 Å². The van der Waals surface area contributed by atoms with Crippen molar-refractivity contribution < 1.29 is 14.5 Å². The molecule has 3 aromatic rings. The fourth-order valence-corrected chi connectivity index (χ4v) is 3.07. The molecule has 8 heteroatoms. The van der Waals surface area contributed by atoms with E-state index in [9.17, 15) is 14.9 Å². The zero-order valence-electron chi connectivity index (χ0n) is 17.0. The lowest BCUT2D eigenvalue weighted by Gasteiger charge is -2.13. The van der Waals surface area contributed by atoms with Crippen LogP contribution in [-0.2, 0) is 6.61 Å². The zero-order valence-corrected chi connectivity index (χ0v) is 17.9. The Kier molecular flexibility index (Phi) is 6.94. The third kappa shape index (κ3) is 5.64. The van der Waals surface area contributed by atoms with Gasteiger partial charge in [-0.2, -0.15) is 0 Å². The van der Waals surface area contributed by atoms with Crippen molar-refractivity contribution in [3.8, 4) is 5.75 Å². The summed E-state index contributed by atoms with van der Waals surface area (Å²) in [6.07, 6.45) is 0. The fourth-order valence-electron chi connectivity index (χ4n) is 2.87. The van der Waals surface area contributed by atoms with Gasteiger partial charge < -0.3 is 10.1 Å². The van der Waals surface area contributed by atoms with Crippen molar-refractivity contribution in [1.29, 1.82) is 0 Å². The Morgan fingerprint density at radius 1 is 1.03 bits per heavy atom. The van der Waals surface area contributed by atoms with Crippen molar-refractivity contribution in [1.82, 2.24) is 5.32 Å². The summed E-state index contributed by atoms with van der Waals surface area (Å²) in [5.74, 6) is 0.201. The van der Waals surface area contributed by atoms with E-state index in [2.05, 4.69) is 10.6 Å². The maximum absolute atomic E-state index is 12.5. The van der Waals surface area contributed by atoms with Gasteiger partial charge in [0.2, 0.25) is 0 Å². The molecular weight excluding hydrogens is 414 g/mol. The Morgan fingerprint density at radius 3 is 2.35 bits per heavy atom. The Balaban J connectivity index is 1.62. The number of benzene rings is 3. The molecular formula is C23H21N3O4S. The first-order valence-corrected chi connectivity index (χ1v) is 9.89. The summed E-state index contributed by atoms with van der Waals surface area (Å²) >= 11 is 5.19. The summed E-state index contributed by atoms with van der Waals surface area (Å²) in [5.41, 5.74) is 3.13. The van der Waals surface area contributed by atoms with Crippen molar-refractivity contribution >= 4 is 34.6 Å². The molecule has 0 unspecified atom stereocenters. The van der Waals surface area contributed by atoms with Gasteiger partial charge in [-0.25, -0.2) is 0 Å². The Labute approximate surface area is 185 Å². The first-order valence-electron chi connectivity index (χ1n) is 9.49. The number of ether oxygens (including phenoxy) is 1. The summed E-state index contributed by atoms with van der Waals surface area (Å²) in [6.45, 7) is 4.02. The maximum Gasteiger partial charge on any atom is 0.293 e. The SMILES string of the molecule is Cc1ccc([N+](=O)[O-])c(NC(=S)NC(=O)c2ccc(OCc3ccccc3)cc2)c1C. The number of anilines is 1. The summed E-state index contributed by atoms with van der Waals surface area (Å²) in [7, 11) is 0. The molecule has 2 N–H and O–H groups in total. The fraction of sp³-hybridized carbons (Fsp3) is 0.130. The third-order valence-electron chi connectivity index (χ3n) is 4.74. The van der Waals surface area contributed by atoms with E-state index in [1.807, 2.05) is 37.3 Å². The molecule has 31 heavy (non-hydrogen) atoms. The van der Waals surface area contributed by atoms with Gasteiger partial charge in [0, 0.05) is 11.6 Å². The van der Waals surface area contributed by atoms with Gasteiger partial charge in [-0.1, -0.05) is 36.4 Å². The van der Waals surface area contributed by atoms with Crippen LogP contribution in [0.3, 0.4) is 0 Å². The second-order valence-electron chi connectivity index (χ2n) is 6.87. The number of nitro groups is 1. The van der Waals surface area contributed by atoms with E-state index in [0.29, 0.717) is 23.5 Å². The smallest absolute Gasteiger partial charge is 0.293 e. The number of carbonyl (C=O) groups excluding carboxylic acids is 1. The lowest BCUT2D eigenvalue weighted by molar-refractivity contribution is -0.383. The number of amides is 1. The van der Waals surface area contributed by atoms with Crippen LogP contribution in [-0.4, -0.2) is 15.9 Å². The van der Waals surface area contributed by atoms with Crippen LogP contribution < -0.4 is 15.4 Å². The minimum absolute atomic E-state index is 0.0220. The molecule has 0 atom stereocenters. The van der Waals surface area contributed by atoms with Gasteiger partial charge in [0.05, 0.1) is 4.92 Å². The van der Waals surface area contributed by atoms with Crippen LogP contribution in [0.2, 0.25) is 0 Å². The van der Waals surface area contributed by atoms with Gasteiger partial charge in [-0.3, -0.25) is 20.2 Å². The largest absolute Gasteiger partial charge is 0.489 e. The molecule has 0 aliphatic carbocycles. The highest BCUT2D eigenvalue weighted by Gasteiger charge is 2.19. The molecule has 0 spiro atoms. The van der Waals surface area contributed by atoms with Crippen molar-refractivity contribution in [2.75, 3.05) is 5.32 Å². The number of nitrogens with one attached hydrogen (secondary N) is 2. The quantitative estimate of drug-likeness (QED) is 0.324. The van der Waals surface area contributed by atoms with E-state index in [4.69, 9.17) is 17.0 Å². The van der Waals surface area contributed by atoms with Crippen LogP contribution in [0.5, 0.6) is 5.75 Å². The molecule has 0 heterocycles. The first kappa shape index (κ1) is 21.9. The minimum atomic E-state index is -0.493. The minimum Gasteiger partial charge on any atom is -0.489 e. The number of aryl methyl sites for hydroxylation is 1. The second-order valence-corrected chi connectivity index (χ2v) is 7.27. The lowest BCUT2D eigenvalue weighted by atomic mass is 10.1. The van der Waals surface area contributed by atoms with Gasteiger partial charge in [0.25, 0.3) is 11.6 Å². The number of rotatable bonds is 6. The molecule has 1 amide bonds. The van der Waals surface area contributed by atoms with Crippen molar-refractivity contribution in [3.63, 3.8) is 0 Å². The molecule has 0 bridgehead atoms. The highest BCUT2D eigenvalue weighted by atomic mass is 32.1. The summed E-state index contributed by atoms with van der Waals surface area (Å²) < 4.78 is 5.71. The molecule has 3 rings (SSSR count). The van der Waals surface area contributed by atoms with E-state index in [1.165, 1.54) is 6.07 Å². The molecule has 3 aromatic carbocycles. The molecule has 0 aromatic heterocycles. The van der Waals surface area contributed by atoms with Gasteiger partial charge in [0.15, 0.2) is 5.11 Å². The van der Waals surface area contributed by atoms with Crippen LogP contribution >= 0.6 is 12.2 Å². The Hall–Kier alpha value is -3.78. The highest BCUT2D eigenvalue weighted by Crippen LogP contribution is 2.30. The normalized spacial score (nSPS) is 10.3. The van der Waals surface area contributed by atoms with E-state index < -0.39 is 10.8 Å². The molecule has 7 nitrogen and oxygen atoms in total. The maximum atomic E-state index is 12.5. The van der Waals surface area contributed by atoms with E-state index in [-0.39, 0.29) is 16.5 Å². The Bertz CT molecular complexity index is 1120. The molecule has 0 aliphatic rings. The molecule has 0 fully saturated rings. The first-order chi connectivity index (χ1) is 14.8. The number of nitro benzene ring substituents is 1. The third-order valence-corrected chi connectivity index (χ3v) is 4.95. The summed E-state index contributed by atoms with van der Waals surface area (Å²) in [5, 5.41) is 16.6. The predicted molar refractivity (Wildman–Crippen MR) is 123 cm³/mol. The second kappa shape index (κ2) is 9.82. The average Bonchev–Trinajstić information content (AvgIpc) is 2.76. The molecule has 158 valence electrons. The molecule has 0 radical (unpaired) electrons. The van der Waals surface area contributed by atoms with E-state index in [0.717, 1.165) is 11.1 Å². The van der Waals surface area contributed by atoms with Crippen LogP contribution in [0.1, 0.15) is 27.0 Å².